The first-order valence-corrected chi connectivity index (χ1v) is 13.2. The topological polar surface area (TPSA) is 79.2 Å². The molecule has 0 aromatic rings. The van der Waals surface area contributed by atoms with Crippen molar-refractivity contribution < 1.29 is 24.8 Å². The maximum atomic E-state index is 11.4. The van der Waals surface area contributed by atoms with Crippen LogP contribution < -0.4 is 0 Å². The molecular weight excluding hydrogens is 404 g/mol. The predicted octanol–water partition coefficient (Wildman–Crippen LogP) is 3.66. The van der Waals surface area contributed by atoms with Gasteiger partial charge in [0.05, 0.1) is 31.5 Å². The van der Waals surface area contributed by atoms with Crippen molar-refractivity contribution in [2.75, 3.05) is 13.2 Å². The molecule has 2 heterocycles. The quantitative estimate of drug-likeness (QED) is 0.536. The van der Waals surface area contributed by atoms with Crippen LogP contribution in [0.5, 0.6) is 0 Å². The van der Waals surface area contributed by atoms with Gasteiger partial charge in [-0.15, -0.1) is 0 Å². The Morgan fingerprint density at radius 2 is 1.88 bits per heavy atom. The van der Waals surface area contributed by atoms with E-state index in [-0.39, 0.29) is 41.5 Å². The smallest absolute Gasteiger partial charge is 0.174 e. The van der Waals surface area contributed by atoms with Crippen LogP contribution in [0.2, 0.25) is 0 Å². The van der Waals surface area contributed by atoms with Crippen LogP contribution in [0.25, 0.3) is 0 Å². The molecule has 12 atom stereocenters. The fourth-order valence-electron chi connectivity index (χ4n) is 9.64. The van der Waals surface area contributed by atoms with Crippen molar-refractivity contribution in [2.45, 2.75) is 96.2 Å². The van der Waals surface area contributed by atoms with Gasteiger partial charge in [0, 0.05) is 18.3 Å². The van der Waals surface area contributed by atoms with Gasteiger partial charge in [0.1, 0.15) is 0 Å². The first-order valence-electron chi connectivity index (χ1n) is 13.2. The minimum absolute atomic E-state index is 0.0267. The van der Waals surface area contributed by atoms with Gasteiger partial charge in [0.2, 0.25) is 0 Å². The highest BCUT2D eigenvalue weighted by atomic mass is 16.7. The third kappa shape index (κ3) is 2.81. The van der Waals surface area contributed by atoms with E-state index in [0.29, 0.717) is 23.7 Å². The lowest BCUT2D eigenvalue weighted by atomic mass is 9.46. The largest absolute Gasteiger partial charge is 0.396 e. The molecule has 5 heteroatoms. The Morgan fingerprint density at radius 3 is 2.59 bits per heavy atom. The van der Waals surface area contributed by atoms with E-state index in [4.69, 9.17) is 9.47 Å². The van der Waals surface area contributed by atoms with Crippen LogP contribution in [0, 0.1) is 46.3 Å². The second-order valence-corrected chi connectivity index (χ2v) is 12.8. The molecule has 0 amide bonds. The summed E-state index contributed by atoms with van der Waals surface area (Å²) in [5.41, 5.74) is 1.45. The van der Waals surface area contributed by atoms with Crippen LogP contribution in [0.15, 0.2) is 11.6 Å². The maximum Gasteiger partial charge on any atom is 0.174 e. The molecule has 5 fully saturated rings. The Kier molecular flexibility index (Phi) is 5.01. The lowest BCUT2D eigenvalue weighted by molar-refractivity contribution is -0.278. The molecule has 4 aliphatic carbocycles. The normalized spacial score (nSPS) is 59.2. The highest BCUT2D eigenvalue weighted by Gasteiger charge is 2.70. The first kappa shape index (κ1) is 22.0. The molecule has 1 spiro atoms. The Labute approximate surface area is 192 Å². The molecule has 0 bridgehead atoms. The number of fused-ring (bicyclic) bond motifs is 7. The summed E-state index contributed by atoms with van der Waals surface area (Å²) in [6.07, 6.45) is 9.34. The molecule has 180 valence electrons. The molecule has 0 radical (unpaired) electrons. The Morgan fingerprint density at radius 1 is 1.06 bits per heavy atom. The van der Waals surface area contributed by atoms with Gasteiger partial charge in [-0.3, -0.25) is 0 Å². The predicted molar refractivity (Wildman–Crippen MR) is 121 cm³/mol. The number of hydrogen-bond donors (Lipinski definition) is 3. The molecule has 2 aliphatic heterocycles. The minimum atomic E-state index is -0.606. The number of ether oxygens (including phenoxy) is 2. The Balaban J connectivity index is 1.32. The molecule has 2 saturated heterocycles. The van der Waals surface area contributed by atoms with Crippen molar-refractivity contribution in [2.24, 2.45) is 46.3 Å². The van der Waals surface area contributed by atoms with Crippen LogP contribution in [0.3, 0.4) is 0 Å². The summed E-state index contributed by atoms with van der Waals surface area (Å²) < 4.78 is 13.1. The molecule has 3 N–H and O–H groups in total. The first-order chi connectivity index (χ1) is 15.2. The third-order valence-corrected chi connectivity index (χ3v) is 11.3. The van der Waals surface area contributed by atoms with E-state index >= 15 is 0 Å². The zero-order valence-corrected chi connectivity index (χ0v) is 20.0. The summed E-state index contributed by atoms with van der Waals surface area (Å²) in [5, 5.41) is 32.2. The monoisotopic (exact) mass is 446 g/mol. The summed E-state index contributed by atoms with van der Waals surface area (Å²) in [5.74, 6) is 1.39. The molecular formula is C27H42O5. The van der Waals surface area contributed by atoms with Crippen molar-refractivity contribution in [3.63, 3.8) is 0 Å². The average Bonchev–Trinajstić information content (AvgIpc) is 3.21. The number of aliphatic hydroxyl groups excluding tert-OH is 3. The van der Waals surface area contributed by atoms with Gasteiger partial charge in [0.15, 0.2) is 5.79 Å². The fourth-order valence-corrected chi connectivity index (χ4v) is 9.64. The standard InChI is InChI=1S/C27H42O5/c1-15-4-9-27(31-14-15)20(13-28)24-22(32-27)12-19-23-18(6-8-26(19,24)3)25(2)7-5-17(29)10-16(25)11-21(23)30/h11,15,17-24,28-30H,4-10,12-14H2,1-3H3/t15-,17+,18+,19?,20+,21+,22?,23?,24+,25+,26+,27?/m1/s1. The van der Waals surface area contributed by atoms with Gasteiger partial charge in [-0.05, 0) is 79.4 Å². The van der Waals surface area contributed by atoms with E-state index in [0.717, 1.165) is 58.0 Å². The third-order valence-electron chi connectivity index (χ3n) is 11.3. The van der Waals surface area contributed by atoms with Crippen molar-refractivity contribution in [3.8, 4) is 0 Å². The summed E-state index contributed by atoms with van der Waals surface area (Å²) in [7, 11) is 0. The molecule has 3 saturated carbocycles. The maximum absolute atomic E-state index is 11.4. The zero-order valence-electron chi connectivity index (χ0n) is 20.0. The molecule has 6 aliphatic rings. The SMILES string of the molecule is C[C@@H]1CCC2(OC1)OC1CC3C4[C@@H](O)C=C5C[C@@H](O)CC[C@]5(C)[C@H]4CC[C@]3(C)[C@H]1[C@@H]2CO. The van der Waals surface area contributed by atoms with E-state index in [1.54, 1.807) is 0 Å². The van der Waals surface area contributed by atoms with Crippen molar-refractivity contribution >= 4 is 0 Å². The van der Waals surface area contributed by atoms with Crippen LogP contribution in [0.4, 0.5) is 0 Å². The average molecular weight is 447 g/mol. The van der Waals surface area contributed by atoms with Crippen LogP contribution in [-0.2, 0) is 9.47 Å². The molecule has 32 heavy (non-hydrogen) atoms. The molecule has 6 rings (SSSR count). The Bertz CT molecular complexity index is 787. The van der Waals surface area contributed by atoms with E-state index in [2.05, 4.69) is 26.8 Å². The minimum Gasteiger partial charge on any atom is -0.396 e. The van der Waals surface area contributed by atoms with Crippen molar-refractivity contribution in [3.05, 3.63) is 11.6 Å². The van der Waals surface area contributed by atoms with Crippen molar-refractivity contribution in [1.29, 1.82) is 0 Å². The van der Waals surface area contributed by atoms with Crippen molar-refractivity contribution in [1.82, 2.24) is 0 Å². The van der Waals surface area contributed by atoms with E-state index in [9.17, 15) is 15.3 Å². The van der Waals surface area contributed by atoms with Crippen LogP contribution >= 0.6 is 0 Å². The van der Waals surface area contributed by atoms with Gasteiger partial charge in [0.25, 0.3) is 0 Å². The van der Waals surface area contributed by atoms with E-state index in [1.165, 1.54) is 5.57 Å². The second-order valence-electron chi connectivity index (χ2n) is 12.8. The van der Waals surface area contributed by atoms with Gasteiger partial charge in [-0.25, -0.2) is 0 Å². The summed E-state index contributed by atoms with van der Waals surface area (Å²) in [6.45, 7) is 7.89. The fraction of sp³-hybridized carbons (Fsp3) is 0.926. The lowest BCUT2D eigenvalue weighted by Crippen LogP contribution is -2.56. The summed E-state index contributed by atoms with van der Waals surface area (Å²) >= 11 is 0. The zero-order chi connectivity index (χ0) is 22.5. The van der Waals surface area contributed by atoms with Crippen LogP contribution in [0.1, 0.15) is 72.1 Å². The molecule has 5 nitrogen and oxygen atoms in total. The molecule has 0 aromatic carbocycles. The van der Waals surface area contributed by atoms with E-state index in [1.807, 2.05) is 0 Å². The molecule has 4 unspecified atom stereocenters. The van der Waals surface area contributed by atoms with Gasteiger partial charge < -0.3 is 24.8 Å². The van der Waals surface area contributed by atoms with Gasteiger partial charge in [-0.2, -0.15) is 0 Å². The molecule has 0 aromatic heterocycles. The number of rotatable bonds is 1. The van der Waals surface area contributed by atoms with E-state index < -0.39 is 11.9 Å². The summed E-state index contributed by atoms with van der Waals surface area (Å²) in [4.78, 5) is 0. The summed E-state index contributed by atoms with van der Waals surface area (Å²) in [6, 6.07) is 0. The highest BCUT2D eigenvalue weighted by Crippen LogP contribution is 2.70. The lowest BCUT2D eigenvalue weighted by Gasteiger charge is -2.59. The highest BCUT2D eigenvalue weighted by molar-refractivity contribution is 5.28. The van der Waals surface area contributed by atoms with Gasteiger partial charge in [-0.1, -0.05) is 32.4 Å². The van der Waals surface area contributed by atoms with Crippen LogP contribution in [-0.4, -0.2) is 52.6 Å². The second kappa shape index (κ2) is 7.27. The number of aliphatic hydroxyl groups is 3. The number of hydrogen-bond acceptors (Lipinski definition) is 5. The Hall–Kier alpha value is -0.460. The van der Waals surface area contributed by atoms with Gasteiger partial charge >= 0.3 is 0 Å².